The molecule has 0 aliphatic rings. The van der Waals surface area contributed by atoms with Gasteiger partial charge in [-0.1, -0.05) is 0 Å². The summed E-state index contributed by atoms with van der Waals surface area (Å²) in [6.45, 7) is 1.48. The van der Waals surface area contributed by atoms with Gasteiger partial charge >= 0.3 is 0 Å². The van der Waals surface area contributed by atoms with Gasteiger partial charge in [0.25, 0.3) is 11.1 Å². The lowest BCUT2D eigenvalue weighted by atomic mass is 10.4. The smallest absolute Gasteiger partial charge is 0.280 e. The molecule has 0 aromatic carbocycles. The number of nitrogens with one attached hydrogen (secondary N) is 5. The molecule has 4 aromatic rings. The lowest BCUT2D eigenvalue weighted by Gasteiger charge is -2.09. The first-order valence-electron chi connectivity index (χ1n) is 10.5. The van der Waals surface area contributed by atoms with Gasteiger partial charge in [-0.05, 0) is 0 Å². The van der Waals surface area contributed by atoms with Crippen molar-refractivity contribution in [3.8, 4) is 0 Å². The Morgan fingerprint density at radius 2 is 1.20 bits per heavy atom. The van der Waals surface area contributed by atoms with Gasteiger partial charge in [0.15, 0.2) is 22.3 Å². The Bertz CT molecular complexity index is 1390. The summed E-state index contributed by atoms with van der Waals surface area (Å²) in [7, 11) is 0. The third-order valence-electron chi connectivity index (χ3n) is 4.86. The highest BCUT2D eigenvalue weighted by Crippen LogP contribution is 2.06. The molecule has 0 fully saturated rings. The van der Waals surface area contributed by atoms with E-state index in [9.17, 15) is 19.2 Å². The lowest BCUT2D eigenvalue weighted by Crippen LogP contribution is -2.38. The molecule has 0 bridgehead atoms. The Balaban J connectivity index is 1.14. The van der Waals surface area contributed by atoms with Crippen LogP contribution in [0.15, 0.2) is 22.2 Å². The van der Waals surface area contributed by atoms with Crippen molar-refractivity contribution in [2.24, 2.45) is 0 Å². The maximum absolute atomic E-state index is 12.2. The van der Waals surface area contributed by atoms with Gasteiger partial charge in [-0.2, -0.15) is 9.97 Å². The molecule has 0 aliphatic carbocycles. The zero-order valence-corrected chi connectivity index (χ0v) is 18.4. The number of nitrogens with zero attached hydrogens (tertiary/aromatic N) is 6. The Labute approximate surface area is 195 Å². The zero-order valence-electron chi connectivity index (χ0n) is 18.4. The highest BCUT2D eigenvalue weighted by atomic mass is 16.2. The Morgan fingerprint density at radius 1 is 0.771 bits per heavy atom. The summed E-state index contributed by atoms with van der Waals surface area (Å²) in [5, 5.41) is 8.55. The van der Waals surface area contributed by atoms with E-state index in [4.69, 9.17) is 11.5 Å². The number of anilines is 2. The minimum absolute atomic E-state index is 0.0593. The van der Waals surface area contributed by atoms with Gasteiger partial charge in [0, 0.05) is 26.2 Å². The second-order valence-electron chi connectivity index (χ2n) is 7.44. The summed E-state index contributed by atoms with van der Waals surface area (Å²) < 4.78 is 2.87. The molecule has 9 N–H and O–H groups in total. The standard InChI is InChI=1S/C18H23N13O4/c19-17-26-13-11(15(34)28-17)24-7-30(13)5-9(32)22-3-1-21-2-4-23-10(33)6-31-8-25-12-14(31)27-18(20)29-16(12)35/h7-8,21H,1-6H2,(H,22,32)(H,23,33)(H3,19,26,28,34)(H3,20,27,29,35). The van der Waals surface area contributed by atoms with Crippen molar-refractivity contribution in [3.63, 3.8) is 0 Å². The number of hydrogen-bond donors (Lipinski definition) is 7. The predicted molar refractivity (Wildman–Crippen MR) is 124 cm³/mol. The second-order valence-corrected chi connectivity index (χ2v) is 7.44. The van der Waals surface area contributed by atoms with E-state index in [0.29, 0.717) is 26.2 Å². The largest absolute Gasteiger partial charge is 0.369 e. The van der Waals surface area contributed by atoms with Crippen molar-refractivity contribution in [1.82, 2.24) is 55.0 Å². The van der Waals surface area contributed by atoms with Gasteiger partial charge in [-0.25, -0.2) is 9.97 Å². The lowest BCUT2D eigenvalue weighted by molar-refractivity contribution is -0.122. The molecule has 0 saturated heterocycles. The van der Waals surface area contributed by atoms with E-state index >= 15 is 0 Å². The summed E-state index contributed by atoms with van der Waals surface area (Å²) in [6.07, 6.45) is 2.70. The molecule has 4 heterocycles. The van der Waals surface area contributed by atoms with Crippen molar-refractivity contribution in [2.45, 2.75) is 13.1 Å². The van der Waals surface area contributed by atoms with Crippen LogP contribution in [0.3, 0.4) is 0 Å². The van der Waals surface area contributed by atoms with Gasteiger partial charge < -0.3 is 36.6 Å². The molecule has 2 amide bonds. The third kappa shape index (κ3) is 5.41. The Hall–Kier alpha value is -4.80. The van der Waals surface area contributed by atoms with Crippen molar-refractivity contribution in [1.29, 1.82) is 0 Å². The molecule has 0 unspecified atom stereocenters. The topological polar surface area (TPSA) is 249 Å². The van der Waals surface area contributed by atoms with E-state index in [1.165, 1.54) is 21.8 Å². The molecule has 35 heavy (non-hydrogen) atoms. The van der Waals surface area contributed by atoms with Crippen LogP contribution >= 0.6 is 0 Å². The molecule has 17 nitrogen and oxygen atoms in total. The highest BCUT2D eigenvalue weighted by Gasteiger charge is 2.13. The zero-order chi connectivity index (χ0) is 24.9. The molecular weight excluding hydrogens is 462 g/mol. The summed E-state index contributed by atoms with van der Waals surface area (Å²) in [5.74, 6) is -0.701. The quantitative estimate of drug-likeness (QED) is 0.107. The van der Waals surface area contributed by atoms with Crippen LogP contribution in [0.1, 0.15) is 0 Å². The number of hydrogen-bond acceptors (Lipinski definition) is 11. The van der Waals surface area contributed by atoms with E-state index in [0.717, 1.165) is 0 Å². The number of fused-ring (bicyclic) bond motifs is 2. The predicted octanol–water partition coefficient (Wildman–Crippen LogP) is -3.76. The number of aromatic amines is 2. The normalized spacial score (nSPS) is 11.2. The van der Waals surface area contributed by atoms with Crippen LogP contribution in [0, 0.1) is 0 Å². The van der Waals surface area contributed by atoms with Crippen molar-refractivity contribution >= 4 is 46.0 Å². The number of aromatic nitrogens is 8. The fraction of sp³-hybridized carbons (Fsp3) is 0.333. The maximum Gasteiger partial charge on any atom is 0.280 e. The molecule has 0 saturated carbocycles. The number of nitrogen functional groups attached to an aromatic ring is 2. The third-order valence-corrected chi connectivity index (χ3v) is 4.86. The molecule has 4 rings (SSSR count). The van der Waals surface area contributed by atoms with E-state index in [1.807, 2.05) is 0 Å². The van der Waals surface area contributed by atoms with Crippen molar-refractivity contribution < 1.29 is 9.59 Å². The van der Waals surface area contributed by atoms with Crippen molar-refractivity contribution in [3.05, 3.63) is 33.4 Å². The number of carbonyl (C=O) groups excluding carboxylic acids is 2. The molecular formula is C18H23N13O4. The Kier molecular flexibility index (Phi) is 6.67. The van der Waals surface area contributed by atoms with Crippen LogP contribution in [-0.2, 0) is 22.7 Å². The van der Waals surface area contributed by atoms with Crippen LogP contribution in [0.5, 0.6) is 0 Å². The summed E-state index contributed by atoms with van der Waals surface area (Å²) in [6, 6.07) is 0. The van der Waals surface area contributed by atoms with Gasteiger partial charge in [-0.3, -0.25) is 29.1 Å². The molecule has 0 aliphatic heterocycles. The van der Waals surface area contributed by atoms with Crippen LogP contribution < -0.4 is 38.5 Å². The average molecular weight is 485 g/mol. The highest BCUT2D eigenvalue weighted by molar-refractivity contribution is 5.79. The monoisotopic (exact) mass is 485 g/mol. The molecule has 0 spiro atoms. The Morgan fingerprint density at radius 3 is 1.63 bits per heavy atom. The first kappa shape index (κ1) is 23.4. The van der Waals surface area contributed by atoms with Crippen LogP contribution in [0.2, 0.25) is 0 Å². The maximum atomic E-state index is 12.2. The first-order chi connectivity index (χ1) is 16.8. The SMILES string of the molecule is Nc1nc2c(ncn2CC(=O)NCCNCCNC(=O)Cn2cnc3c(=O)[nH]c(N)nc32)c(=O)[nH]1. The van der Waals surface area contributed by atoms with Crippen LogP contribution in [0.25, 0.3) is 22.3 Å². The number of H-pyrrole nitrogens is 2. The molecule has 4 aromatic heterocycles. The summed E-state index contributed by atoms with van der Waals surface area (Å²) in [4.78, 5) is 68.5. The molecule has 0 atom stereocenters. The molecule has 17 heteroatoms. The number of nitrogens with two attached hydrogens (primary N) is 2. The summed E-state index contributed by atoms with van der Waals surface area (Å²) >= 11 is 0. The van der Waals surface area contributed by atoms with Gasteiger partial charge in [0.05, 0.1) is 12.7 Å². The first-order valence-corrected chi connectivity index (χ1v) is 10.5. The van der Waals surface area contributed by atoms with E-state index < -0.39 is 11.1 Å². The number of imidazole rings is 2. The van der Waals surface area contributed by atoms with E-state index in [1.54, 1.807) is 0 Å². The van der Waals surface area contributed by atoms with Crippen LogP contribution in [0.4, 0.5) is 11.9 Å². The van der Waals surface area contributed by atoms with E-state index in [-0.39, 0.29) is 59.1 Å². The van der Waals surface area contributed by atoms with Gasteiger partial charge in [0.2, 0.25) is 23.7 Å². The van der Waals surface area contributed by atoms with Gasteiger partial charge in [-0.15, -0.1) is 0 Å². The number of amides is 2. The van der Waals surface area contributed by atoms with Crippen LogP contribution in [-0.4, -0.2) is 77.0 Å². The summed E-state index contributed by atoms with van der Waals surface area (Å²) in [5.41, 5.74) is 10.8. The number of rotatable bonds is 10. The average Bonchev–Trinajstić information content (AvgIpc) is 3.37. The second kappa shape index (κ2) is 10.00. The van der Waals surface area contributed by atoms with Crippen molar-refractivity contribution in [2.75, 3.05) is 37.6 Å². The molecule has 0 radical (unpaired) electrons. The fourth-order valence-corrected chi connectivity index (χ4v) is 3.30. The minimum Gasteiger partial charge on any atom is -0.369 e. The molecule has 184 valence electrons. The van der Waals surface area contributed by atoms with Gasteiger partial charge in [0.1, 0.15) is 13.1 Å². The minimum atomic E-state index is -0.474. The fourth-order valence-electron chi connectivity index (χ4n) is 3.30. The number of carbonyl (C=O) groups is 2. The van der Waals surface area contributed by atoms with E-state index in [2.05, 4.69) is 45.9 Å².